The Labute approximate surface area is 83.3 Å². The highest BCUT2D eigenvalue weighted by molar-refractivity contribution is 4.97. The maximum Gasteiger partial charge on any atom is 0.149 e. The number of ether oxygens (including phenoxy) is 1. The van der Waals surface area contributed by atoms with Gasteiger partial charge in [0.15, 0.2) is 0 Å². The lowest BCUT2D eigenvalue weighted by molar-refractivity contribution is 0.118. The summed E-state index contributed by atoms with van der Waals surface area (Å²) >= 11 is 0. The van der Waals surface area contributed by atoms with Crippen molar-refractivity contribution in [3.63, 3.8) is 0 Å². The summed E-state index contributed by atoms with van der Waals surface area (Å²) in [4.78, 5) is 0. The van der Waals surface area contributed by atoms with Gasteiger partial charge in [-0.3, -0.25) is 0 Å². The fraction of sp³-hybridized carbons (Fsp3) is 0.778. The third-order valence-electron chi connectivity index (χ3n) is 2.78. The summed E-state index contributed by atoms with van der Waals surface area (Å²) in [5, 5.41) is 7.84. The van der Waals surface area contributed by atoms with Crippen LogP contribution in [-0.4, -0.2) is 27.5 Å². The molecule has 3 atom stereocenters. The van der Waals surface area contributed by atoms with Gasteiger partial charge in [-0.15, -0.1) is 10.2 Å². The quantitative estimate of drug-likeness (QED) is 0.735. The molecule has 3 unspecified atom stereocenters. The van der Waals surface area contributed by atoms with E-state index >= 15 is 0 Å². The van der Waals surface area contributed by atoms with Gasteiger partial charge in [0.05, 0.1) is 18.8 Å². The summed E-state index contributed by atoms with van der Waals surface area (Å²) in [6.45, 7) is 2.80. The maximum atomic E-state index is 6.10. The van der Waals surface area contributed by atoms with Gasteiger partial charge in [-0.2, -0.15) is 0 Å². The smallest absolute Gasteiger partial charge is 0.149 e. The molecule has 5 heteroatoms. The molecule has 0 aliphatic carbocycles. The van der Waals surface area contributed by atoms with Gasteiger partial charge in [-0.1, -0.05) is 0 Å². The van der Waals surface area contributed by atoms with Crippen LogP contribution in [0.4, 0.5) is 0 Å². The van der Waals surface area contributed by atoms with E-state index < -0.39 is 0 Å². The minimum atomic E-state index is -0.0625. The third-order valence-corrected chi connectivity index (χ3v) is 2.78. The first-order chi connectivity index (χ1) is 6.68. The molecule has 1 aromatic heterocycles. The molecule has 2 N–H and O–H groups in total. The summed E-state index contributed by atoms with van der Waals surface area (Å²) in [5.74, 6) is 1.21. The van der Waals surface area contributed by atoms with Gasteiger partial charge in [0.2, 0.25) is 0 Å². The largest absolute Gasteiger partial charge is 0.378 e. The van der Waals surface area contributed by atoms with Crippen molar-refractivity contribution in [2.45, 2.75) is 25.5 Å². The number of aromatic nitrogens is 3. The predicted octanol–water partition coefficient (Wildman–Crippen LogP) is 0.240. The molecule has 0 bridgehead atoms. The fourth-order valence-electron chi connectivity index (χ4n) is 1.91. The van der Waals surface area contributed by atoms with Gasteiger partial charge in [0, 0.05) is 13.0 Å². The molecule has 0 spiro atoms. The predicted molar refractivity (Wildman–Crippen MR) is 51.5 cm³/mol. The Bertz CT molecular complexity index is 312. The topological polar surface area (TPSA) is 66.0 Å². The number of nitrogens with two attached hydrogens (primary N) is 1. The Morgan fingerprint density at radius 1 is 1.71 bits per heavy atom. The fourth-order valence-corrected chi connectivity index (χ4v) is 1.91. The van der Waals surface area contributed by atoms with E-state index in [4.69, 9.17) is 10.5 Å². The number of hydrogen-bond donors (Lipinski definition) is 1. The summed E-state index contributed by atoms with van der Waals surface area (Å²) < 4.78 is 7.36. The monoisotopic (exact) mass is 196 g/mol. The number of nitrogens with zero attached hydrogens (tertiary/aromatic N) is 3. The average molecular weight is 196 g/mol. The van der Waals surface area contributed by atoms with E-state index in [-0.39, 0.29) is 6.04 Å². The lowest BCUT2D eigenvalue weighted by Gasteiger charge is -2.16. The minimum absolute atomic E-state index is 0.0625. The molecule has 1 aromatic rings. The molecule has 0 saturated carbocycles. The van der Waals surface area contributed by atoms with Crippen LogP contribution in [0.25, 0.3) is 0 Å². The van der Waals surface area contributed by atoms with Gasteiger partial charge in [0.1, 0.15) is 12.2 Å². The molecule has 1 fully saturated rings. The molecule has 0 radical (unpaired) electrons. The molecule has 1 aliphatic rings. The Morgan fingerprint density at radius 2 is 2.50 bits per heavy atom. The Morgan fingerprint density at radius 3 is 3.00 bits per heavy atom. The van der Waals surface area contributed by atoms with Crippen LogP contribution < -0.4 is 5.73 Å². The molecule has 0 amide bonds. The Balaban J connectivity index is 2.09. The van der Waals surface area contributed by atoms with Crippen molar-refractivity contribution in [1.82, 2.24) is 14.8 Å². The maximum absolute atomic E-state index is 6.10. The SMILES string of the molecule is CC1CC(C(N)c2nncn2C)CO1. The van der Waals surface area contributed by atoms with Gasteiger partial charge in [0.25, 0.3) is 0 Å². The molecule has 1 aliphatic heterocycles. The van der Waals surface area contributed by atoms with Gasteiger partial charge in [-0.05, 0) is 13.3 Å². The Kier molecular flexibility index (Phi) is 2.52. The van der Waals surface area contributed by atoms with Crippen molar-refractivity contribution in [3.05, 3.63) is 12.2 Å². The van der Waals surface area contributed by atoms with E-state index in [9.17, 15) is 0 Å². The van der Waals surface area contributed by atoms with Crippen molar-refractivity contribution in [1.29, 1.82) is 0 Å². The highest BCUT2D eigenvalue weighted by Gasteiger charge is 2.30. The van der Waals surface area contributed by atoms with Crippen molar-refractivity contribution in [3.8, 4) is 0 Å². The molecule has 0 aromatic carbocycles. The molecular formula is C9H16N4O. The second-order valence-corrected chi connectivity index (χ2v) is 3.97. The van der Waals surface area contributed by atoms with Crippen LogP contribution in [-0.2, 0) is 11.8 Å². The minimum Gasteiger partial charge on any atom is -0.378 e. The highest BCUT2D eigenvalue weighted by atomic mass is 16.5. The van der Waals surface area contributed by atoms with Crippen LogP contribution >= 0.6 is 0 Å². The summed E-state index contributed by atoms with van der Waals surface area (Å²) in [6.07, 6.45) is 3.00. The zero-order valence-electron chi connectivity index (χ0n) is 8.55. The molecular weight excluding hydrogens is 180 g/mol. The normalized spacial score (nSPS) is 29.4. The van der Waals surface area contributed by atoms with Crippen LogP contribution in [0.1, 0.15) is 25.2 Å². The summed E-state index contributed by atoms with van der Waals surface area (Å²) in [6, 6.07) is -0.0625. The molecule has 2 rings (SSSR count). The first-order valence-electron chi connectivity index (χ1n) is 4.89. The zero-order chi connectivity index (χ0) is 10.1. The van der Waals surface area contributed by atoms with Crippen LogP contribution in [0.15, 0.2) is 6.33 Å². The van der Waals surface area contributed by atoms with E-state index in [1.807, 2.05) is 11.6 Å². The van der Waals surface area contributed by atoms with Gasteiger partial charge < -0.3 is 15.0 Å². The molecule has 5 nitrogen and oxygen atoms in total. The number of aryl methyl sites for hydroxylation is 1. The second kappa shape index (κ2) is 3.67. The van der Waals surface area contributed by atoms with E-state index in [1.54, 1.807) is 6.33 Å². The van der Waals surface area contributed by atoms with Crippen LogP contribution in [0.5, 0.6) is 0 Å². The van der Waals surface area contributed by atoms with E-state index in [1.165, 1.54) is 0 Å². The number of hydrogen-bond acceptors (Lipinski definition) is 4. The molecule has 1 saturated heterocycles. The summed E-state index contributed by atoms with van der Waals surface area (Å²) in [5.41, 5.74) is 6.10. The third kappa shape index (κ3) is 1.65. The summed E-state index contributed by atoms with van der Waals surface area (Å²) in [7, 11) is 1.91. The van der Waals surface area contributed by atoms with E-state index in [0.29, 0.717) is 12.0 Å². The average Bonchev–Trinajstić information content (AvgIpc) is 2.73. The van der Waals surface area contributed by atoms with Crippen molar-refractivity contribution < 1.29 is 4.74 Å². The molecule has 14 heavy (non-hydrogen) atoms. The van der Waals surface area contributed by atoms with Crippen LogP contribution in [0.3, 0.4) is 0 Å². The van der Waals surface area contributed by atoms with E-state index in [2.05, 4.69) is 17.1 Å². The van der Waals surface area contributed by atoms with E-state index in [0.717, 1.165) is 18.9 Å². The first kappa shape index (κ1) is 9.61. The molecule has 2 heterocycles. The first-order valence-corrected chi connectivity index (χ1v) is 4.89. The molecule has 78 valence electrons. The Hall–Kier alpha value is -0.940. The van der Waals surface area contributed by atoms with Crippen molar-refractivity contribution >= 4 is 0 Å². The van der Waals surface area contributed by atoms with Crippen molar-refractivity contribution in [2.24, 2.45) is 18.7 Å². The number of rotatable bonds is 2. The second-order valence-electron chi connectivity index (χ2n) is 3.97. The van der Waals surface area contributed by atoms with Crippen molar-refractivity contribution in [2.75, 3.05) is 6.61 Å². The highest BCUT2D eigenvalue weighted by Crippen LogP contribution is 2.28. The zero-order valence-corrected chi connectivity index (χ0v) is 8.55. The lowest BCUT2D eigenvalue weighted by Crippen LogP contribution is -2.24. The van der Waals surface area contributed by atoms with Gasteiger partial charge in [-0.25, -0.2) is 0 Å². The van der Waals surface area contributed by atoms with Gasteiger partial charge >= 0.3 is 0 Å². The standard InChI is InChI=1S/C9H16N4O/c1-6-3-7(4-14-6)8(10)9-12-11-5-13(9)2/h5-8H,3-4,10H2,1-2H3. The van der Waals surface area contributed by atoms with Crippen LogP contribution in [0.2, 0.25) is 0 Å². The van der Waals surface area contributed by atoms with Crippen LogP contribution in [0, 0.1) is 5.92 Å². The lowest BCUT2D eigenvalue weighted by atomic mass is 9.97.